The van der Waals surface area contributed by atoms with Gasteiger partial charge in [-0.05, 0) is 87.0 Å². The number of allylic oxidation sites excluding steroid dienone is 1. The number of fused-ring (bicyclic) bond motifs is 6. The van der Waals surface area contributed by atoms with E-state index in [2.05, 4.69) is 19.9 Å². The molecule has 1 saturated heterocycles. The maximum atomic E-state index is 12.0. The Morgan fingerprint density at radius 2 is 1.82 bits per heavy atom. The van der Waals surface area contributed by atoms with Crippen LogP contribution in [0.4, 0.5) is 0 Å². The van der Waals surface area contributed by atoms with Crippen molar-refractivity contribution in [1.29, 1.82) is 0 Å². The van der Waals surface area contributed by atoms with Crippen LogP contribution in [0.3, 0.4) is 0 Å². The quantitative estimate of drug-likeness (QED) is 0.472. The molecule has 0 N–H and O–H groups in total. The topological polar surface area (TPSA) is 52.6 Å². The van der Waals surface area contributed by atoms with Crippen molar-refractivity contribution in [1.82, 2.24) is 0 Å². The van der Waals surface area contributed by atoms with Gasteiger partial charge in [0.25, 0.3) is 0 Å². The highest BCUT2D eigenvalue weighted by Gasteiger charge is 2.67. The summed E-state index contributed by atoms with van der Waals surface area (Å²) >= 11 is 0. The van der Waals surface area contributed by atoms with Gasteiger partial charge in [-0.2, -0.15) is 0 Å². The van der Waals surface area contributed by atoms with Crippen molar-refractivity contribution >= 4 is 11.9 Å². The fourth-order valence-corrected chi connectivity index (χ4v) is 8.30. The van der Waals surface area contributed by atoms with Crippen molar-refractivity contribution in [3.05, 3.63) is 11.6 Å². The first kappa shape index (κ1) is 18.7. The van der Waals surface area contributed by atoms with Gasteiger partial charge in [0.2, 0.25) is 0 Å². The van der Waals surface area contributed by atoms with E-state index in [0.29, 0.717) is 12.3 Å². The van der Waals surface area contributed by atoms with Crippen molar-refractivity contribution in [2.24, 2.45) is 28.6 Å². The van der Waals surface area contributed by atoms with E-state index in [-0.39, 0.29) is 34.5 Å². The van der Waals surface area contributed by atoms with Crippen molar-refractivity contribution in [3.8, 4) is 0 Å². The molecule has 5 rings (SSSR count). The van der Waals surface area contributed by atoms with E-state index in [1.54, 1.807) is 0 Å². The van der Waals surface area contributed by atoms with E-state index < -0.39 is 0 Å². The summed E-state index contributed by atoms with van der Waals surface area (Å²) in [6.07, 6.45) is 13.0. The second kappa shape index (κ2) is 6.09. The highest BCUT2D eigenvalue weighted by Crippen LogP contribution is 2.69. The molecular formula is C24H34O4. The molecule has 154 valence electrons. The van der Waals surface area contributed by atoms with E-state index in [4.69, 9.17) is 9.47 Å². The van der Waals surface area contributed by atoms with Gasteiger partial charge in [-0.25, -0.2) is 0 Å². The van der Waals surface area contributed by atoms with Crippen molar-refractivity contribution in [3.63, 3.8) is 0 Å². The SMILES string of the molecule is CC(=O)O[C@@H]1C=C2CC[C@H]3[C@H]4CC[C@@]5(CCC(=O)O5)[C@@]4(C)CC[C@@H]3[C@@]2(C)CC1. The molecule has 0 aromatic carbocycles. The third-order valence-electron chi connectivity index (χ3n) is 9.72. The van der Waals surface area contributed by atoms with Crippen molar-refractivity contribution in [2.45, 2.75) is 96.7 Å². The van der Waals surface area contributed by atoms with Crippen LogP contribution in [0.2, 0.25) is 0 Å². The molecule has 1 aliphatic heterocycles. The monoisotopic (exact) mass is 386 g/mol. The first-order valence-electron chi connectivity index (χ1n) is 11.4. The Bertz CT molecular complexity index is 741. The smallest absolute Gasteiger partial charge is 0.306 e. The maximum absolute atomic E-state index is 12.0. The van der Waals surface area contributed by atoms with Crippen LogP contribution in [0.1, 0.15) is 85.0 Å². The summed E-state index contributed by atoms with van der Waals surface area (Å²) in [5, 5.41) is 0. The lowest BCUT2D eigenvalue weighted by molar-refractivity contribution is -0.168. The Balaban J connectivity index is 1.42. The summed E-state index contributed by atoms with van der Waals surface area (Å²) in [6.45, 7) is 6.42. The van der Waals surface area contributed by atoms with Gasteiger partial charge in [0.1, 0.15) is 11.7 Å². The Hall–Kier alpha value is -1.32. The summed E-state index contributed by atoms with van der Waals surface area (Å²) in [4.78, 5) is 23.4. The number of hydrogen-bond acceptors (Lipinski definition) is 4. The van der Waals surface area contributed by atoms with Gasteiger partial charge in [-0.15, -0.1) is 0 Å². The normalized spacial score (nSPS) is 49.7. The molecule has 4 aliphatic carbocycles. The number of esters is 2. The molecule has 0 aromatic rings. The largest absolute Gasteiger partial charge is 0.458 e. The van der Waals surface area contributed by atoms with Gasteiger partial charge >= 0.3 is 11.9 Å². The average molecular weight is 387 g/mol. The molecule has 1 heterocycles. The van der Waals surface area contributed by atoms with E-state index in [0.717, 1.165) is 43.9 Å². The third kappa shape index (κ3) is 2.42. The Kier molecular flexibility index (Phi) is 4.07. The average Bonchev–Trinajstić information content (AvgIpc) is 3.16. The molecule has 0 radical (unpaired) electrons. The molecule has 4 fully saturated rings. The molecule has 1 spiro atoms. The number of carbonyl (C=O) groups excluding carboxylic acids is 2. The van der Waals surface area contributed by atoms with Crippen LogP contribution in [-0.4, -0.2) is 23.6 Å². The van der Waals surface area contributed by atoms with E-state index in [9.17, 15) is 9.59 Å². The molecule has 0 aromatic heterocycles. The molecule has 28 heavy (non-hydrogen) atoms. The molecule has 0 unspecified atom stereocenters. The highest BCUT2D eigenvalue weighted by atomic mass is 16.6. The van der Waals surface area contributed by atoms with Gasteiger partial charge < -0.3 is 9.47 Å². The number of hydrogen-bond donors (Lipinski definition) is 0. The van der Waals surface area contributed by atoms with Gasteiger partial charge in [0, 0.05) is 18.8 Å². The van der Waals surface area contributed by atoms with Crippen LogP contribution in [0.15, 0.2) is 11.6 Å². The first-order chi connectivity index (χ1) is 13.3. The Morgan fingerprint density at radius 1 is 1.04 bits per heavy atom. The summed E-state index contributed by atoms with van der Waals surface area (Å²) < 4.78 is 11.6. The zero-order valence-electron chi connectivity index (χ0n) is 17.6. The Labute approximate surface area is 168 Å². The summed E-state index contributed by atoms with van der Waals surface area (Å²) in [5.74, 6) is 1.99. The van der Waals surface area contributed by atoms with Gasteiger partial charge in [-0.3, -0.25) is 9.59 Å². The fourth-order valence-electron chi connectivity index (χ4n) is 8.30. The van der Waals surface area contributed by atoms with Crippen LogP contribution in [0.25, 0.3) is 0 Å². The minimum absolute atomic E-state index is 0.0219. The molecule has 0 amide bonds. The van der Waals surface area contributed by atoms with Crippen molar-refractivity contribution < 1.29 is 19.1 Å². The number of carbonyl (C=O) groups is 2. The highest BCUT2D eigenvalue weighted by molar-refractivity contribution is 5.72. The van der Waals surface area contributed by atoms with Crippen LogP contribution in [0, 0.1) is 28.6 Å². The second-order valence-electron chi connectivity index (χ2n) is 10.7. The van der Waals surface area contributed by atoms with Gasteiger partial charge in [0.15, 0.2) is 0 Å². The first-order valence-corrected chi connectivity index (χ1v) is 11.4. The summed E-state index contributed by atoms with van der Waals surface area (Å²) in [5.41, 5.74) is 1.77. The molecular weight excluding hydrogens is 352 g/mol. The lowest BCUT2D eigenvalue weighted by Crippen LogP contribution is -2.54. The number of ether oxygens (including phenoxy) is 2. The standard InChI is InChI=1S/C24H34O4/c1-15(25)27-17-6-10-22(2)16(14-17)4-5-18-19(22)7-11-23(3)20(18)8-12-24(23)13-9-21(26)28-24/h14,17-20H,4-13H2,1-3H3/t17-,18+,19-,20+,22-,23-,24+/m0/s1. The van der Waals surface area contributed by atoms with Crippen LogP contribution in [-0.2, 0) is 19.1 Å². The van der Waals surface area contributed by atoms with E-state index in [1.807, 2.05) is 0 Å². The number of rotatable bonds is 1. The van der Waals surface area contributed by atoms with E-state index in [1.165, 1.54) is 38.2 Å². The lowest BCUT2D eigenvalue weighted by atomic mass is 9.46. The molecule has 0 bridgehead atoms. The molecule has 7 atom stereocenters. The van der Waals surface area contributed by atoms with Gasteiger partial charge in [-0.1, -0.05) is 19.4 Å². The minimum Gasteiger partial charge on any atom is -0.458 e. The minimum atomic E-state index is -0.177. The van der Waals surface area contributed by atoms with Crippen LogP contribution < -0.4 is 0 Å². The summed E-state index contributed by atoms with van der Waals surface area (Å²) in [6, 6.07) is 0. The Morgan fingerprint density at radius 3 is 2.54 bits per heavy atom. The predicted molar refractivity (Wildman–Crippen MR) is 105 cm³/mol. The zero-order chi connectivity index (χ0) is 19.7. The molecule has 3 saturated carbocycles. The van der Waals surface area contributed by atoms with Crippen LogP contribution >= 0.6 is 0 Å². The van der Waals surface area contributed by atoms with Gasteiger partial charge in [0.05, 0.1) is 0 Å². The van der Waals surface area contributed by atoms with E-state index >= 15 is 0 Å². The van der Waals surface area contributed by atoms with Crippen LogP contribution in [0.5, 0.6) is 0 Å². The summed E-state index contributed by atoms with van der Waals surface area (Å²) in [7, 11) is 0. The predicted octanol–water partition coefficient (Wildman–Crippen LogP) is 4.96. The fraction of sp³-hybridized carbons (Fsp3) is 0.833. The third-order valence-corrected chi connectivity index (χ3v) is 9.72. The maximum Gasteiger partial charge on any atom is 0.306 e. The lowest BCUT2D eigenvalue weighted by Gasteiger charge is -2.59. The second-order valence-corrected chi connectivity index (χ2v) is 10.7. The molecule has 4 nitrogen and oxygen atoms in total. The van der Waals surface area contributed by atoms with Crippen molar-refractivity contribution in [2.75, 3.05) is 0 Å². The molecule has 5 aliphatic rings. The molecule has 4 heteroatoms. The zero-order valence-corrected chi connectivity index (χ0v) is 17.6.